The standard InChI is InChI=1S/C14H14Cl2N2O2/c1-8-11(3-4-13(16)18-8)17-7-9-5-10(15)6-12(20-2)14(9)19/h3-6,17,19H,7H2,1-2H3. The highest BCUT2D eigenvalue weighted by molar-refractivity contribution is 6.30. The predicted molar refractivity (Wildman–Crippen MR) is 81.0 cm³/mol. The van der Waals surface area contributed by atoms with Crippen LogP contribution in [0.25, 0.3) is 0 Å². The average molecular weight is 313 g/mol. The summed E-state index contributed by atoms with van der Waals surface area (Å²) in [6.07, 6.45) is 0. The van der Waals surface area contributed by atoms with E-state index in [9.17, 15) is 5.11 Å². The molecule has 2 rings (SSSR count). The number of phenolic OH excluding ortho intramolecular Hbond substituents is 1. The number of hydrogen-bond donors (Lipinski definition) is 2. The number of aryl methyl sites for hydroxylation is 1. The second-order valence-electron chi connectivity index (χ2n) is 4.24. The molecule has 0 saturated heterocycles. The lowest BCUT2D eigenvalue weighted by atomic mass is 10.1. The molecule has 6 heteroatoms. The number of aromatic nitrogens is 1. The molecule has 1 aromatic carbocycles. The number of nitrogens with zero attached hydrogens (tertiary/aromatic N) is 1. The Morgan fingerprint density at radius 3 is 2.70 bits per heavy atom. The first-order valence-electron chi connectivity index (χ1n) is 5.93. The van der Waals surface area contributed by atoms with Gasteiger partial charge in [-0.2, -0.15) is 0 Å². The van der Waals surface area contributed by atoms with Crippen molar-refractivity contribution in [1.82, 2.24) is 4.98 Å². The Bertz CT molecular complexity index is 633. The number of phenols is 1. The van der Waals surface area contributed by atoms with Crippen molar-refractivity contribution in [1.29, 1.82) is 0 Å². The van der Waals surface area contributed by atoms with Crippen LogP contribution < -0.4 is 10.1 Å². The van der Waals surface area contributed by atoms with E-state index in [0.29, 0.717) is 28.0 Å². The van der Waals surface area contributed by atoms with Crippen molar-refractivity contribution >= 4 is 28.9 Å². The predicted octanol–water partition coefficient (Wildman–Crippen LogP) is 4.02. The van der Waals surface area contributed by atoms with E-state index in [1.165, 1.54) is 7.11 Å². The van der Waals surface area contributed by atoms with Crippen LogP contribution in [0.3, 0.4) is 0 Å². The fourth-order valence-electron chi connectivity index (χ4n) is 1.83. The van der Waals surface area contributed by atoms with Gasteiger partial charge in [-0.25, -0.2) is 4.98 Å². The van der Waals surface area contributed by atoms with Gasteiger partial charge in [-0.15, -0.1) is 0 Å². The molecule has 2 N–H and O–H groups in total. The molecule has 4 nitrogen and oxygen atoms in total. The molecule has 0 fully saturated rings. The first-order chi connectivity index (χ1) is 9.51. The van der Waals surface area contributed by atoms with E-state index >= 15 is 0 Å². The minimum absolute atomic E-state index is 0.0731. The maximum atomic E-state index is 10.0. The monoisotopic (exact) mass is 312 g/mol. The second-order valence-corrected chi connectivity index (χ2v) is 5.06. The van der Waals surface area contributed by atoms with Crippen LogP contribution in [0, 0.1) is 6.92 Å². The maximum absolute atomic E-state index is 10.0. The van der Waals surface area contributed by atoms with Crippen molar-refractivity contribution in [3.05, 3.63) is 45.7 Å². The van der Waals surface area contributed by atoms with Gasteiger partial charge >= 0.3 is 0 Å². The van der Waals surface area contributed by atoms with Gasteiger partial charge in [0, 0.05) is 23.2 Å². The van der Waals surface area contributed by atoms with Crippen LogP contribution in [0.1, 0.15) is 11.3 Å². The number of anilines is 1. The number of methoxy groups -OCH3 is 1. The third-order valence-electron chi connectivity index (χ3n) is 2.86. The van der Waals surface area contributed by atoms with Gasteiger partial charge < -0.3 is 15.2 Å². The normalized spacial score (nSPS) is 10.4. The Labute approximate surface area is 127 Å². The van der Waals surface area contributed by atoms with Crippen LogP contribution in [0.5, 0.6) is 11.5 Å². The van der Waals surface area contributed by atoms with Gasteiger partial charge in [0.1, 0.15) is 5.15 Å². The molecule has 1 heterocycles. The number of halogens is 2. The van der Waals surface area contributed by atoms with Crippen LogP contribution in [-0.2, 0) is 6.54 Å². The number of ether oxygens (including phenoxy) is 1. The minimum Gasteiger partial charge on any atom is -0.504 e. The SMILES string of the molecule is COc1cc(Cl)cc(CNc2ccc(Cl)nc2C)c1O. The van der Waals surface area contributed by atoms with Gasteiger partial charge in [0.2, 0.25) is 0 Å². The van der Waals surface area contributed by atoms with Crippen LogP contribution in [0.4, 0.5) is 5.69 Å². The van der Waals surface area contributed by atoms with Crippen molar-refractivity contribution in [2.45, 2.75) is 13.5 Å². The molecule has 0 saturated carbocycles. The number of aromatic hydroxyl groups is 1. The molecule has 0 unspecified atom stereocenters. The highest BCUT2D eigenvalue weighted by Crippen LogP contribution is 2.33. The number of rotatable bonds is 4. The van der Waals surface area contributed by atoms with Crippen LogP contribution in [0.2, 0.25) is 10.2 Å². The molecule has 0 spiro atoms. The molecule has 0 bridgehead atoms. The van der Waals surface area contributed by atoms with Crippen LogP contribution >= 0.6 is 23.2 Å². The summed E-state index contributed by atoms with van der Waals surface area (Å²) in [6.45, 7) is 2.25. The van der Waals surface area contributed by atoms with Gasteiger partial charge in [0.25, 0.3) is 0 Å². The summed E-state index contributed by atoms with van der Waals surface area (Å²) in [4.78, 5) is 4.15. The minimum atomic E-state index is 0.0731. The van der Waals surface area contributed by atoms with E-state index in [1.54, 1.807) is 18.2 Å². The fraction of sp³-hybridized carbons (Fsp3) is 0.214. The molecule has 20 heavy (non-hydrogen) atoms. The van der Waals surface area contributed by atoms with Crippen molar-refractivity contribution in [2.75, 3.05) is 12.4 Å². The summed E-state index contributed by atoms with van der Waals surface area (Å²) in [5.41, 5.74) is 2.27. The summed E-state index contributed by atoms with van der Waals surface area (Å²) in [6, 6.07) is 6.79. The molecule has 1 aromatic heterocycles. The Morgan fingerprint density at radius 2 is 2.05 bits per heavy atom. The Kier molecular flexibility index (Phi) is 4.57. The first-order valence-corrected chi connectivity index (χ1v) is 6.69. The van der Waals surface area contributed by atoms with Crippen LogP contribution in [-0.4, -0.2) is 17.2 Å². The Hall–Kier alpha value is -1.65. The van der Waals surface area contributed by atoms with E-state index < -0.39 is 0 Å². The number of benzene rings is 1. The van der Waals surface area contributed by atoms with E-state index in [0.717, 1.165) is 11.4 Å². The molecule has 0 aliphatic heterocycles. The van der Waals surface area contributed by atoms with Crippen molar-refractivity contribution in [3.63, 3.8) is 0 Å². The van der Waals surface area contributed by atoms with Gasteiger partial charge in [0.05, 0.1) is 18.5 Å². The summed E-state index contributed by atoms with van der Waals surface area (Å²) in [5, 5.41) is 14.2. The van der Waals surface area contributed by atoms with Crippen LogP contribution in [0.15, 0.2) is 24.3 Å². The molecule has 0 amide bonds. The molecule has 2 aromatic rings. The number of nitrogens with one attached hydrogen (secondary N) is 1. The number of hydrogen-bond acceptors (Lipinski definition) is 4. The summed E-state index contributed by atoms with van der Waals surface area (Å²) < 4.78 is 5.07. The fourth-order valence-corrected chi connectivity index (χ4v) is 2.25. The zero-order valence-corrected chi connectivity index (χ0v) is 12.6. The lowest BCUT2D eigenvalue weighted by Gasteiger charge is -2.12. The molecule has 0 atom stereocenters. The third kappa shape index (κ3) is 3.26. The highest BCUT2D eigenvalue weighted by Gasteiger charge is 2.10. The highest BCUT2D eigenvalue weighted by atomic mass is 35.5. The maximum Gasteiger partial charge on any atom is 0.162 e. The smallest absolute Gasteiger partial charge is 0.162 e. The molecule has 0 aliphatic rings. The van der Waals surface area contributed by atoms with E-state index in [-0.39, 0.29) is 5.75 Å². The van der Waals surface area contributed by atoms with Gasteiger partial charge in [0.15, 0.2) is 11.5 Å². The molecule has 106 valence electrons. The quantitative estimate of drug-likeness (QED) is 0.837. The summed E-state index contributed by atoms with van der Waals surface area (Å²) in [5.74, 6) is 0.421. The van der Waals surface area contributed by atoms with E-state index in [2.05, 4.69) is 10.3 Å². The lowest BCUT2D eigenvalue weighted by Crippen LogP contribution is -2.03. The molecule has 0 aliphatic carbocycles. The largest absolute Gasteiger partial charge is 0.504 e. The molecule has 0 radical (unpaired) electrons. The van der Waals surface area contributed by atoms with Crippen molar-refractivity contribution in [2.24, 2.45) is 0 Å². The zero-order chi connectivity index (χ0) is 14.7. The van der Waals surface area contributed by atoms with Gasteiger partial charge in [-0.3, -0.25) is 0 Å². The van der Waals surface area contributed by atoms with Gasteiger partial charge in [-0.05, 0) is 25.1 Å². The van der Waals surface area contributed by atoms with E-state index in [4.69, 9.17) is 27.9 Å². The zero-order valence-electron chi connectivity index (χ0n) is 11.1. The summed E-state index contributed by atoms with van der Waals surface area (Å²) in [7, 11) is 1.48. The Balaban J connectivity index is 2.20. The lowest BCUT2D eigenvalue weighted by molar-refractivity contribution is 0.371. The van der Waals surface area contributed by atoms with Crippen molar-refractivity contribution < 1.29 is 9.84 Å². The average Bonchev–Trinajstić information content (AvgIpc) is 2.41. The summed E-state index contributed by atoms with van der Waals surface area (Å²) >= 11 is 11.8. The molecular weight excluding hydrogens is 299 g/mol. The van der Waals surface area contributed by atoms with Gasteiger partial charge in [-0.1, -0.05) is 23.2 Å². The second kappa shape index (κ2) is 6.20. The first kappa shape index (κ1) is 14.8. The van der Waals surface area contributed by atoms with Crippen molar-refractivity contribution in [3.8, 4) is 11.5 Å². The van der Waals surface area contributed by atoms with E-state index in [1.807, 2.05) is 13.0 Å². The topological polar surface area (TPSA) is 54.4 Å². The number of pyridine rings is 1. The Morgan fingerprint density at radius 1 is 1.30 bits per heavy atom. The molecular formula is C14H14Cl2N2O2. The third-order valence-corrected chi connectivity index (χ3v) is 3.29.